The molecule has 0 aliphatic rings. The number of ether oxygens (including phenoxy) is 2. The molecule has 230 valence electrons. The van der Waals surface area contributed by atoms with Crippen molar-refractivity contribution in [3.8, 4) is 15.5 Å². The van der Waals surface area contributed by atoms with Crippen molar-refractivity contribution in [2.24, 2.45) is 0 Å². The number of aryl methyl sites for hydroxylation is 1. The van der Waals surface area contributed by atoms with Crippen molar-refractivity contribution in [2.45, 2.75) is 130 Å². The molecule has 3 rings (SSSR count). The van der Waals surface area contributed by atoms with Crippen LogP contribution in [0.3, 0.4) is 0 Å². The Hall–Kier alpha value is -2.44. The summed E-state index contributed by atoms with van der Waals surface area (Å²) in [4.78, 5) is 29.5. The Bertz CT molecular complexity index is 1180. The van der Waals surface area contributed by atoms with Crippen LogP contribution in [-0.4, -0.2) is 18.0 Å². The van der Waals surface area contributed by atoms with E-state index < -0.39 is 0 Å². The number of hydrogen-bond donors (Lipinski definition) is 0. The van der Waals surface area contributed by atoms with Crippen LogP contribution in [0, 0.1) is 0 Å². The van der Waals surface area contributed by atoms with E-state index in [0.29, 0.717) is 16.2 Å². The highest BCUT2D eigenvalue weighted by atomic mass is 32.1. The molecule has 3 aromatic rings. The first-order valence-corrected chi connectivity index (χ1v) is 17.9. The second-order valence-electron chi connectivity index (χ2n) is 11.3. The molecule has 6 heteroatoms. The van der Waals surface area contributed by atoms with Crippen LogP contribution >= 0.6 is 22.7 Å². The number of rotatable bonds is 21. The smallest absolute Gasteiger partial charge is 0.353 e. The second-order valence-corrected chi connectivity index (χ2v) is 13.6. The molecule has 0 amide bonds. The lowest BCUT2D eigenvalue weighted by atomic mass is 10.1. The molecule has 2 heterocycles. The summed E-state index contributed by atoms with van der Waals surface area (Å²) in [5.74, 6) is -0.319. The first kappa shape index (κ1) is 34.1. The highest BCUT2D eigenvalue weighted by Crippen LogP contribution is 2.34. The third-order valence-corrected chi connectivity index (χ3v) is 9.97. The van der Waals surface area contributed by atoms with Gasteiger partial charge in [0.2, 0.25) is 0 Å². The Labute approximate surface area is 261 Å². The molecule has 0 bridgehead atoms. The number of hydrogen-bond acceptors (Lipinski definition) is 6. The van der Waals surface area contributed by atoms with Crippen LogP contribution in [0.15, 0.2) is 48.5 Å². The minimum atomic E-state index is -0.385. The van der Waals surface area contributed by atoms with E-state index >= 15 is 0 Å². The molecule has 0 fully saturated rings. The molecule has 2 aromatic heterocycles. The van der Waals surface area contributed by atoms with Gasteiger partial charge in [0.1, 0.15) is 10.6 Å². The van der Waals surface area contributed by atoms with Crippen molar-refractivity contribution >= 4 is 34.6 Å². The van der Waals surface area contributed by atoms with Gasteiger partial charge in [-0.2, -0.15) is 0 Å². The topological polar surface area (TPSA) is 52.6 Å². The van der Waals surface area contributed by atoms with Crippen LogP contribution < -0.4 is 4.74 Å². The van der Waals surface area contributed by atoms with E-state index in [9.17, 15) is 9.59 Å². The van der Waals surface area contributed by atoms with Crippen molar-refractivity contribution in [3.05, 3.63) is 63.8 Å². The summed E-state index contributed by atoms with van der Waals surface area (Å²) >= 11 is 3.28. The van der Waals surface area contributed by atoms with E-state index in [0.717, 1.165) is 30.6 Å². The maximum atomic E-state index is 12.8. The molecule has 0 aliphatic heterocycles. The monoisotopic (exact) mass is 610 g/mol. The van der Waals surface area contributed by atoms with Gasteiger partial charge in [0.05, 0.1) is 11.7 Å². The highest BCUT2D eigenvalue weighted by molar-refractivity contribution is 7.23. The summed E-state index contributed by atoms with van der Waals surface area (Å²) in [6, 6.07) is 14.8. The average molecular weight is 611 g/mol. The lowest BCUT2D eigenvalue weighted by Gasteiger charge is -2.13. The molecular formula is C36H50O4S2. The van der Waals surface area contributed by atoms with Gasteiger partial charge >= 0.3 is 11.9 Å². The van der Waals surface area contributed by atoms with Gasteiger partial charge < -0.3 is 9.47 Å². The van der Waals surface area contributed by atoms with Crippen LogP contribution in [0.25, 0.3) is 9.75 Å². The zero-order valence-electron chi connectivity index (χ0n) is 26.0. The van der Waals surface area contributed by atoms with E-state index in [4.69, 9.17) is 9.47 Å². The number of unbranched alkanes of at least 4 members (excludes halogenated alkanes) is 12. The molecule has 1 aromatic carbocycles. The maximum Gasteiger partial charge on any atom is 0.353 e. The molecule has 0 radical (unpaired) electrons. The van der Waals surface area contributed by atoms with Gasteiger partial charge in [-0.15, -0.1) is 22.7 Å². The summed E-state index contributed by atoms with van der Waals surface area (Å²) in [5.41, 5.74) is 0.458. The van der Waals surface area contributed by atoms with E-state index in [1.807, 2.05) is 30.4 Å². The van der Waals surface area contributed by atoms with Gasteiger partial charge in [0.25, 0.3) is 0 Å². The van der Waals surface area contributed by atoms with Crippen LogP contribution in [0.2, 0.25) is 0 Å². The normalized spacial score (nSPS) is 11.9. The van der Waals surface area contributed by atoms with E-state index in [1.54, 1.807) is 24.3 Å². The lowest BCUT2D eigenvalue weighted by molar-refractivity contribution is 0.0319. The molecule has 0 saturated carbocycles. The van der Waals surface area contributed by atoms with Gasteiger partial charge in [-0.05, 0) is 81.1 Å². The number of benzene rings is 1. The summed E-state index contributed by atoms with van der Waals surface area (Å²) < 4.78 is 11.2. The molecule has 0 unspecified atom stereocenters. The van der Waals surface area contributed by atoms with Crippen molar-refractivity contribution in [2.75, 3.05) is 0 Å². The van der Waals surface area contributed by atoms with Gasteiger partial charge in [-0.1, -0.05) is 90.9 Å². The molecule has 0 aliphatic carbocycles. The van der Waals surface area contributed by atoms with Crippen molar-refractivity contribution < 1.29 is 19.1 Å². The lowest BCUT2D eigenvalue weighted by Crippen LogP contribution is -2.15. The van der Waals surface area contributed by atoms with Gasteiger partial charge in [0.15, 0.2) is 0 Å². The Kier molecular flexibility index (Phi) is 16.0. The fourth-order valence-electron chi connectivity index (χ4n) is 5.00. The second kappa shape index (κ2) is 19.7. The molecule has 4 nitrogen and oxygen atoms in total. The Morgan fingerprint density at radius 2 is 1.21 bits per heavy atom. The first-order chi connectivity index (χ1) is 20.5. The van der Waals surface area contributed by atoms with Crippen molar-refractivity contribution in [3.63, 3.8) is 0 Å². The molecule has 42 heavy (non-hydrogen) atoms. The van der Waals surface area contributed by atoms with Crippen molar-refractivity contribution in [1.82, 2.24) is 0 Å². The fraction of sp³-hybridized carbons (Fsp3) is 0.556. The number of thiophene rings is 2. The number of carbonyl (C=O) groups is 2. The zero-order valence-corrected chi connectivity index (χ0v) is 27.6. The summed E-state index contributed by atoms with van der Waals surface area (Å²) in [6.07, 6.45) is 20.0. The van der Waals surface area contributed by atoms with Crippen LogP contribution in [0.5, 0.6) is 5.75 Å². The van der Waals surface area contributed by atoms with E-state index in [-0.39, 0.29) is 18.0 Å². The summed E-state index contributed by atoms with van der Waals surface area (Å²) in [6.45, 7) is 6.39. The Morgan fingerprint density at radius 1 is 0.643 bits per heavy atom. The fourth-order valence-corrected chi connectivity index (χ4v) is 7.02. The molecule has 0 N–H and O–H groups in total. The van der Waals surface area contributed by atoms with Gasteiger partial charge in [-0.25, -0.2) is 9.59 Å². The van der Waals surface area contributed by atoms with Crippen LogP contribution in [-0.2, 0) is 11.2 Å². The van der Waals surface area contributed by atoms with Crippen LogP contribution in [0.4, 0.5) is 0 Å². The van der Waals surface area contributed by atoms with E-state index in [1.165, 1.54) is 98.1 Å². The third-order valence-electron chi connectivity index (χ3n) is 7.56. The highest BCUT2D eigenvalue weighted by Gasteiger charge is 2.16. The standard InChI is InChI=1S/C36H50O4S2/c1-4-6-8-10-11-12-13-14-15-17-19-31-24-25-32(41-31)33-26-27-34(42-33)36(38)40-30-22-20-29(21-23-30)35(37)39-28(3)18-16-9-7-5-2/h20-28H,4-19H2,1-3H3/t28-/m0/s1. The predicted molar refractivity (Wildman–Crippen MR) is 178 cm³/mol. The summed E-state index contributed by atoms with van der Waals surface area (Å²) in [7, 11) is 0. The SMILES string of the molecule is CCCCCCCCCCCCc1ccc(-c2ccc(C(=O)Oc3ccc(C(=O)O[C@@H](C)CCCCCC)cc3)s2)s1. The third kappa shape index (κ3) is 12.4. The molecule has 0 spiro atoms. The minimum absolute atomic E-state index is 0.112. The maximum absolute atomic E-state index is 12.8. The molecule has 1 atom stereocenters. The number of esters is 2. The molecular weight excluding hydrogens is 561 g/mol. The quantitative estimate of drug-likeness (QED) is 0.0684. The zero-order chi connectivity index (χ0) is 30.0. The van der Waals surface area contributed by atoms with Gasteiger partial charge in [-0.3, -0.25) is 0 Å². The average Bonchev–Trinajstić information content (AvgIpc) is 3.67. The summed E-state index contributed by atoms with van der Waals surface area (Å²) in [5, 5.41) is 0. The van der Waals surface area contributed by atoms with E-state index in [2.05, 4.69) is 26.0 Å². The largest absolute Gasteiger partial charge is 0.459 e. The predicted octanol–water partition coefficient (Wildman–Crippen LogP) is 11.7. The van der Waals surface area contributed by atoms with Gasteiger partial charge in [0, 0.05) is 14.6 Å². The number of carbonyl (C=O) groups excluding carboxylic acids is 2. The Morgan fingerprint density at radius 3 is 1.88 bits per heavy atom. The van der Waals surface area contributed by atoms with Crippen LogP contribution in [0.1, 0.15) is 142 Å². The molecule has 0 saturated heterocycles. The van der Waals surface area contributed by atoms with Crippen molar-refractivity contribution in [1.29, 1.82) is 0 Å². The Balaban J connectivity index is 1.38. The first-order valence-electron chi connectivity index (χ1n) is 16.2. The minimum Gasteiger partial charge on any atom is -0.459 e.